The van der Waals surface area contributed by atoms with E-state index in [9.17, 15) is 14.9 Å². The molecule has 0 radical (unpaired) electrons. The number of nitrogens with zero attached hydrogens (tertiary/aromatic N) is 1. The maximum absolute atomic E-state index is 11.4. The minimum absolute atomic E-state index is 0.0338. The number of rotatable bonds is 6. The molecule has 0 atom stereocenters. The van der Waals surface area contributed by atoms with Crippen LogP contribution >= 0.6 is 31.9 Å². The lowest BCUT2D eigenvalue weighted by Gasteiger charge is -2.16. The summed E-state index contributed by atoms with van der Waals surface area (Å²) in [6.07, 6.45) is 0. The molecule has 0 fully saturated rings. The lowest BCUT2D eigenvalue weighted by Crippen LogP contribution is -2.01. The predicted octanol–water partition coefficient (Wildman–Crippen LogP) is 5.74. The molecule has 9 heteroatoms. The fourth-order valence-corrected chi connectivity index (χ4v) is 3.70. The molecule has 0 saturated carbocycles. The number of nitro benzene ring substituents is 1. The van der Waals surface area contributed by atoms with E-state index < -0.39 is 10.9 Å². The molecule has 0 unspecified atom stereocenters. The van der Waals surface area contributed by atoms with Crippen molar-refractivity contribution in [3.8, 4) is 17.2 Å². The Morgan fingerprint density at radius 2 is 1.73 bits per heavy atom. The van der Waals surface area contributed by atoms with Gasteiger partial charge in [0, 0.05) is 5.56 Å². The van der Waals surface area contributed by atoms with Crippen molar-refractivity contribution in [2.24, 2.45) is 0 Å². The molecular weight excluding hydrogens is 474 g/mol. The standard InChI is InChI=1S/C17H15Br2NO6/c1-8(2)11-6-10(7-14(20(23)24)15(11)25-3)26-16-12(18)4-9(17(21)22)5-13(16)19/h4-8H,1-3H3,(H,21,22). The Kier molecular flexibility index (Phi) is 6.25. The van der Waals surface area contributed by atoms with Gasteiger partial charge in [0.25, 0.3) is 0 Å². The highest BCUT2D eigenvalue weighted by molar-refractivity contribution is 9.11. The highest BCUT2D eigenvalue weighted by atomic mass is 79.9. The van der Waals surface area contributed by atoms with Gasteiger partial charge in [-0.2, -0.15) is 0 Å². The van der Waals surface area contributed by atoms with Gasteiger partial charge in [-0.15, -0.1) is 0 Å². The van der Waals surface area contributed by atoms with Crippen LogP contribution in [0.5, 0.6) is 17.2 Å². The summed E-state index contributed by atoms with van der Waals surface area (Å²) in [5.74, 6) is -0.375. The summed E-state index contributed by atoms with van der Waals surface area (Å²) in [7, 11) is 1.38. The lowest BCUT2D eigenvalue weighted by molar-refractivity contribution is -0.385. The third-order valence-electron chi connectivity index (χ3n) is 3.56. The van der Waals surface area contributed by atoms with E-state index in [1.165, 1.54) is 25.3 Å². The summed E-state index contributed by atoms with van der Waals surface area (Å²) < 4.78 is 11.8. The Bertz CT molecular complexity index is 859. The zero-order chi connectivity index (χ0) is 19.6. The van der Waals surface area contributed by atoms with Crippen LogP contribution < -0.4 is 9.47 Å². The summed E-state index contributed by atoms with van der Waals surface area (Å²) in [6.45, 7) is 3.78. The summed E-state index contributed by atoms with van der Waals surface area (Å²) >= 11 is 6.54. The molecule has 7 nitrogen and oxygen atoms in total. The topological polar surface area (TPSA) is 98.9 Å². The normalized spacial score (nSPS) is 10.7. The van der Waals surface area contributed by atoms with E-state index in [2.05, 4.69) is 31.9 Å². The van der Waals surface area contributed by atoms with E-state index in [1.807, 2.05) is 13.8 Å². The molecule has 2 aromatic carbocycles. The van der Waals surface area contributed by atoms with E-state index in [1.54, 1.807) is 6.07 Å². The zero-order valence-electron chi connectivity index (χ0n) is 14.1. The molecule has 0 aromatic heterocycles. The molecule has 0 aliphatic carbocycles. The average Bonchev–Trinajstić information content (AvgIpc) is 2.56. The van der Waals surface area contributed by atoms with E-state index in [-0.39, 0.29) is 28.7 Å². The van der Waals surface area contributed by atoms with E-state index in [4.69, 9.17) is 14.6 Å². The third kappa shape index (κ3) is 4.16. The van der Waals surface area contributed by atoms with Crippen LogP contribution in [0.3, 0.4) is 0 Å². The SMILES string of the molecule is COc1c(C(C)C)cc(Oc2c(Br)cc(C(=O)O)cc2Br)cc1[N+](=O)[O-]. The largest absolute Gasteiger partial charge is 0.490 e. The first-order valence-corrected chi connectivity index (χ1v) is 9.00. The molecule has 26 heavy (non-hydrogen) atoms. The number of nitro groups is 1. The van der Waals surface area contributed by atoms with Crippen LogP contribution in [0.25, 0.3) is 0 Å². The Hall–Kier alpha value is -2.13. The Morgan fingerprint density at radius 3 is 2.15 bits per heavy atom. The summed E-state index contributed by atoms with van der Waals surface area (Å²) in [6, 6.07) is 5.72. The van der Waals surface area contributed by atoms with Gasteiger partial charge in [-0.25, -0.2) is 4.79 Å². The van der Waals surface area contributed by atoms with Gasteiger partial charge in [0.05, 0.1) is 32.6 Å². The number of aromatic carboxylic acids is 1. The molecule has 2 aromatic rings. The van der Waals surface area contributed by atoms with Gasteiger partial charge < -0.3 is 14.6 Å². The average molecular weight is 489 g/mol. The van der Waals surface area contributed by atoms with Crippen LogP contribution in [0.4, 0.5) is 5.69 Å². The second-order valence-electron chi connectivity index (χ2n) is 5.65. The Labute approximate surface area is 166 Å². The maximum atomic E-state index is 11.4. The smallest absolute Gasteiger partial charge is 0.335 e. The van der Waals surface area contributed by atoms with Crippen molar-refractivity contribution in [2.45, 2.75) is 19.8 Å². The summed E-state index contributed by atoms with van der Waals surface area (Å²) in [5.41, 5.74) is 0.494. The molecule has 2 rings (SSSR count). The molecule has 0 saturated heterocycles. The molecule has 0 amide bonds. The van der Waals surface area contributed by atoms with Crippen molar-refractivity contribution in [3.05, 3.63) is 54.5 Å². The molecule has 0 bridgehead atoms. The second-order valence-corrected chi connectivity index (χ2v) is 7.36. The predicted molar refractivity (Wildman–Crippen MR) is 103 cm³/mol. The number of hydrogen-bond acceptors (Lipinski definition) is 5. The summed E-state index contributed by atoms with van der Waals surface area (Å²) in [5, 5.41) is 20.5. The number of hydrogen-bond donors (Lipinski definition) is 1. The molecule has 1 N–H and O–H groups in total. The van der Waals surface area contributed by atoms with Crippen LogP contribution in [0, 0.1) is 10.1 Å². The fraction of sp³-hybridized carbons (Fsp3) is 0.235. The first-order valence-electron chi connectivity index (χ1n) is 7.42. The van der Waals surface area contributed by atoms with Crippen LogP contribution in [0.2, 0.25) is 0 Å². The van der Waals surface area contributed by atoms with Crippen molar-refractivity contribution in [2.75, 3.05) is 7.11 Å². The minimum Gasteiger partial charge on any atom is -0.490 e. The van der Waals surface area contributed by atoms with Crippen molar-refractivity contribution < 1.29 is 24.3 Å². The van der Waals surface area contributed by atoms with Crippen molar-refractivity contribution in [3.63, 3.8) is 0 Å². The summed E-state index contributed by atoms with van der Waals surface area (Å²) in [4.78, 5) is 22.0. The van der Waals surface area contributed by atoms with Crippen molar-refractivity contribution >= 4 is 43.5 Å². The van der Waals surface area contributed by atoms with Crippen molar-refractivity contribution in [1.82, 2.24) is 0 Å². The van der Waals surface area contributed by atoms with Gasteiger partial charge in [0.15, 0.2) is 5.75 Å². The number of halogens is 2. The Morgan fingerprint density at radius 1 is 1.15 bits per heavy atom. The number of ether oxygens (including phenoxy) is 2. The number of methoxy groups -OCH3 is 1. The number of benzene rings is 2. The van der Waals surface area contributed by atoms with Crippen molar-refractivity contribution in [1.29, 1.82) is 0 Å². The second kappa shape index (κ2) is 8.05. The molecule has 0 spiro atoms. The van der Waals surface area contributed by atoms with Gasteiger partial charge in [-0.1, -0.05) is 13.8 Å². The number of carboxylic acid groups (broad SMARTS) is 1. The molecule has 138 valence electrons. The van der Waals surface area contributed by atoms with E-state index in [0.29, 0.717) is 20.3 Å². The van der Waals surface area contributed by atoms with E-state index in [0.717, 1.165) is 0 Å². The number of carboxylic acids is 1. The zero-order valence-corrected chi connectivity index (χ0v) is 17.3. The van der Waals surface area contributed by atoms with Crippen LogP contribution in [-0.2, 0) is 0 Å². The molecule has 0 aliphatic rings. The Balaban J connectivity index is 2.57. The van der Waals surface area contributed by atoms with Gasteiger partial charge in [0.1, 0.15) is 5.75 Å². The first kappa shape index (κ1) is 20.2. The van der Waals surface area contributed by atoms with Gasteiger partial charge in [-0.05, 0) is 56.0 Å². The molecular formula is C17H15Br2NO6. The molecule has 0 heterocycles. The van der Waals surface area contributed by atoms with E-state index >= 15 is 0 Å². The fourth-order valence-electron chi connectivity index (χ4n) is 2.35. The first-order chi connectivity index (χ1) is 12.1. The maximum Gasteiger partial charge on any atom is 0.335 e. The third-order valence-corrected chi connectivity index (χ3v) is 4.74. The highest BCUT2D eigenvalue weighted by Gasteiger charge is 2.24. The number of carbonyl (C=O) groups is 1. The van der Waals surface area contributed by atoms with Crippen LogP contribution in [-0.4, -0.2) is 23.1 Å². The van der Waals surface area contributed by atoms with Gasteiger partial charge in [-0.3, -0.25) is 10.1 Å². The lowest BCUT2D eigenvalue weighted by atomic mass is 10.0. The van der Waals surface area contributed by atoms with Crippen LogP contribution in [0.15, 0.2) is 33.2 Å². The van der Waals surface area contributed by atoms with Gasteiger partial charge >= 0.3 is 11.7 Å². The quantitative estimate of drug-likeness (QED) is 0.411. The highest BCUT2D eigenvalue weighted by Crippen LogP contribution is 2.43. The van der Waals surface area contributed by atoms with Crippen LogP contribution in [0.1, 0.15) is 35.7 Å². The monoisotopic (exact) mass is 487 g/mol. The van der Waals surface area contributed by atoms with Gasteiger partial charge in [0.2, 0.25) is 5.75 Å². The molecule has 0 aliphatic heterocycles. The minimum atomic E-state index is -1.08.